The Morgan fingerprint density at radius 3 is 2.26 bits per heavy atom. The van der Waals surface area contributed by atoms with Gasteiger partial charge >= 0.3 is 5.69 Å². The Morgan fingerprint density at radius 1 is 0.882 bits per heavy atom. The average molecular weight is 473 g/mol. The van der Waals surface area contributed by atoms with Crippen molar-refractivity contribution < 1.29 is 4.79 Å². The van der Waals surface area contributed by atoms with E-state index in [-0.39, 0.29) is 23.6 Å². The molecule has 0 aliphatic heterocycles. The molecular weight excluding hydrogens is 448 g/mol. The van der Waals surface area contributed by atoms with E-state index in [0.29, 0.717) is 35.3 Å². The van der Waals surface area contributed by atoms with Gasteiger partial charge in [-0.2, -0.15) is 0 Å². The zero-order valence-electron chi connectivity index (χ0n) is 18.9. The normalized spacial score (nSPS) is 11.4. The van der Waals surface area contributed by atoms with Crippen molar-refractivity contribution in [3.63, 3.8) is 0 Å². The van der Waals surface area contributed by atoms with E-state index in [2.05, 4.69) is 0 Å². The predicted molar refractivity (Wildman–Crippen MR) is 137 cm³/mol. The minimum atomic E-state index is -0.338. The van der Waals surface area contributed by atoms with Crippen molar-refractivity contribution >= 4 is 34.4 Å². The van der Waals surface area contributed by atoms with Gasteiger partial charge in [-0.15, -0.1) is 0 Å². The largest absolute Gasteiger partial charge is 0.331 e. The number of benzene rings is 3. The van der Waals surface area contributed by atoms with Crippen molar-refractivity contribution in [3.8, 4) is 0 Å². The number of aromatic nitrogens is 2. The second-order valence-corrected chi connectivity index (χ2v) is 8.55. The Morgan fingerprint density at radius 2 is 1.56 bits per heavy atom. The summed E-state index contributed by atoms with van der Waals surface area (Å²) in [6, 6.07) is 22.3. The van der Waals surface area contributed by atoms with E-state index in [1.165, 1.54) is 4.57 Å². The molecule has 4 aromatic rings. The Bertz CT molecular complexity index is 1460. The lowest BCUT2D eigenvalue weighted by Gasteiger charge is -2.14. The molecule has 4 rings (SSSR count). The number of carbonyl (C=O) groups is 1. The molecule has 1 aromatic heterocycles. The topological polar surface area (TPSA) is 61.1 Å². The molecule has 3 aromatic carbocycles. The molecule has 0 unspecified atom stereocenters. The standard InChI is InChI=1S/C28H25ClN2O3/c1-2-24(32)16-13-20-7-9-22(10-8-20)19-31-26-6-4-3-5-25(26)27(33)30(28(31)34)18-17-21-11-14-23(29)15-12-21/h3-16H,2,17-19H2,1H3/b16-13+. The van der Waals surface area contributed by atoms with Gasteiger partial charge in [-0.05, 0) is 53.5 Å². The molecule has 0 saturated carbocycles. The minimum absolute atomic E-state index is 0.0722. The maximum absolute atomic E-state index is 13.4. The average Bonchev–Trinajstić information content (AvgIpc) is 2.86. The van der Waals surface area contributed by atoms with Crippen LogP contribution in [0.4, 0.5) is 0 Å². The highest BCUT2D eigenvalue weighted by Gasteiger charge is 2.13. The van der Waals surface area contributed by atoms with Crippen molar-refractivity contribution in [3.05, 3.63) is 121 Å². The monoisotopic (exact) mass is 472 g/mol. The molecule has 5 nitrogen and oxygen atoms in total. The van der Waals surface area contributed by atoms with Gasteiger partial charge in [0.05, 0.1) is 17.4 Å². The predicted octanol–water partition coefficient (Wildman–Crippen LogP) is 5.10. The highest BCUT2D eigenvalue weighted by molar-refractivity contribution is 6.30. The summed E-state index contributed by atoms with van der Waals surface area (Å²) in [5.41, 5.74) is 2.82. The lowest BCUT2D eigenvalue weighted by atomic mass is 10.1. The van der Waals surface area contributed by atoms with E-state index in [9.17, 15) is 14.4 Å². The number of para-hydroxylation sites is 1. The van der Waals surface area contributed by atoms with E-state index >= 15 is 0 Å². The van der Waals surface area contributed by atoms with Crippen molar-refractivity contribution in [1.29, 1.82) is 0 Å². The molecule has 0 spiro atoms. The van der Waals surface area contributed by atoms with Crippen LogP contribution in [-0.4, -0.2) is 14.9 Å². The van der Waals surface area contributed by atoms with Crippen molar-refractivity contribution in [1.82, 2.24) is 9.13 Å². The van der Waals surface area contributed by atoms with Gasteiger partial charge in [0, 0.05) is 18.0 Å². The van der Waals surface area contributed by atoms with Crippen LogP contribution in [0.25, 0.3) is 17.0 Å². The van der Waals surface area contributed by atoms with E-state index in [1.807, 2.05) is 49.4 Å². The van der Waals surface area contributed by atoms with Crippen molar-refractivity contribution in [2.24, 2.45) is 0 Å². The zero-order valence-corrected chi connectivity index (χ0v) is 19.7. The smallest absolute Gasteiger partial charge is 0.295 e. The third-order valence-corrected chi connectivity index (χ3v) is 6.05. The molecule has 0 bridgehead atoms. The fourth-order valence-corrected chi connectivity index (χ4v) is 3.96. The molecule has 0 radical (unpaired) electrons. The van der Waals surface area contributed by atoms with Crippen LogP contribution < -0.4 is 11.2 Å². The molecule has 0 saturated heterocycles. The summed E-state index contributed by atoms with van der Waals surface area (Å²) in [6.07, 6.45) is 4.37. The zero-order chi connectivity index (χ0) is 24.1. The number of ketones is 1. The van der Waals surface area contributed by atoms with Crippen LogP contribution in [-0.2, 0) is 24.3 Å². The van der Waals surface area contributed by atoms with E-state index in [0.717, 1.165) is 16.7 Å². The van der Waals surface area contributed by atoms with Crippen LogP contribution in [0.5, 0.6) is 0 Å². The SMILES string of the molecule is CCC(=O)/C=C/c1ccc(Cn2c(=O)n(CCc3ccc(Cl)cc3)c(=O)c3ccccc32)cc1. The number of hydrogen-bond acceptors (Lipinski definition) is 3. The van der Waals surface area contributed by atoms with Gasteiger partial charge in [0.1, 0.15) is 0 Å². The maximum atomic E-state index is 13.4. The second-order valence-electron chi connectivity index (χ2n) is 8.11. The highest BCUT2D eigenvalue weighted by atomic mass is 35.5. The number of aryl methyl sites for hydroxylation is 1. The highest BCUT2D eigenvalue weighted by Crippen LogP contribution is 2.13. The number of fused-ring (bicyclic) bond motifs is 1. The molecule has 1 heterocycles. The number of nitrogens with zero attached hydrogens (tertiary/aromatic N) is 2. The fourth-order valence-electron chi connectivity index (χ4n) is 3.84. The van der Waals surface area contributed by atoms with Crippen LogP contribution in [0.1, 0.15) is 30.0 Å². The molecule has 0 amide bonds. The second kappa shape index (κ2) is 10.5. The third-order valence-electron chi connectivity index (χ3n) is 5.80. The number of halogens is 1. The lowest BCUT2D eigenvalue weighted by molar-refractivity contribution is -0.114. The Kier molecular flexibility index (Phi) is 7.24. The number of carbonyl (C=O) groups excluding carboxylic acids is 1. The van der Waals surface area contributed by atoms with E-state index in [4.69, 9.17) is 11.6 Å². The summed E-state index contributed by atoms with van der Waals surface area (Å²) in [6.45, 7) is 2.44. The summed E-state index contributed by atoms with van der Waals surface area (Å²) in [5.74, 6) is 0.0722. The first-order valence-corrected chi connectivity index (χ1v) is 11.6. The van der Waals surface area contributed by atoms with Gasteiger partial charge in [0.2, 0.25) is 0 Å². The molecule has 6 heteroatoms. The molecule has 34 heavy (non-hydrogen) atoms. The quantitative estimate of drug-likeness (QED) is 0.335. The molecule has 0 aliphatic rings. The molecule has 0 atom stereocenters. The summed E-state index contributed by atoms with van der Waals surface area (Å²) >= 11 is 5.96. The van der Waals surface area contributed by atoms with Gasteiger partial charge in [0.15, 0.2) is 5.78 Å². The van der Waals surface area contributed by atoms with E-state index in [1.54, 1.807) is 47.1 Å². The molecule has 0 aliphatic carbocycles. The first-order valence-electron chi connectivity index (χ1n) is 11.2. The lowest BCUT2D eigenvalue weighted by Crippen LogP contribution is -2.40. The number of rotatable bonds is 8. The molecular formula is C28H25ClN2O3. The minimum Gasteiger partial charge on any atom is -0.295 e. The van der Waals surface area contributed by atoms with Crippen LogP contribution in [0.2, 0.25) is 5.02 Å². The number of allylic oxidation sites excluding steroid dienone is 1. The summed E-state index contributed by atoms with van der Waals surface area (Å²) in [5, 5.41) is 1.16. The van der Waals surface area contributed by atoms with Gasteiger partial charge in [-0.1, -0.05) is 73.1 Å². The molecule has 172 valence electrons. The maximum Gasteiger partial charge on any atom is 0.331 e. The summed E-state index contributed by atoms with van der Waals surface area (Å²) in [4.78, 5) is 38.1. The fraction of sp³-hybridized carbons (Fsp3) is 0.179. The van der Waals surface area contributed by atoms with Crippen LogP contribution in [0, 0.1) is 0 Å². The van der Waals surface area contributed by atoms with E-state index < -0.39 is 0 Å². The van der Waals surface area contributed by atoms with Crippen molar-refractivity contribution in [2.75, 3.05) is 0 Å². The van der Waals surface area contributed by atoms with Crippen LogP contribution in [0.15, 0.2) is 88.5 Å². The summed E-state index contributed by atoms with van der Waals surface area (Å²) in [7, 11) is 0. The Labute approximate surface area is 202 Å². The van der Waals surface area contributed by atoms with Crippen LogP contribution >= 0.6 is 11.6 Å². The van der Waals surface area contributed by atoms with Gasteiger partial charge < -0.3 is 0 Å². The van der Waals surface area contributed by atoms with Gasteiger partial charge in [-0.25, -0.2) is 4.79 Å². The first-order chi connectivity index (χ1) is 16.5. The molecule has 0 fully saturated rings. The summed E-state index contributed by atoms with van der Waals surface area (Å²) < 4.78 is 2.95. The van der Waals surface area contributed by atoms with Gasteiger partial charge in [-0.3, -0.25) is 18.7 Å². The Hall–Kier alpha value is -3.70. The first kappa shape index (κ1) is 23.5. The number of hydrogen-bond donors (Lipinski definition) is 0. The van der Waals surface area contributed by atoms with Gasteiger partial charge in [0.25, 0.3) is 5.56 Å². The van der Waals surface area contributed by atoms with Crippen molar-refractivity contribution in [2.45, 2.75) is 32.9 Å². The Balaban J connectivity index is 1.67. The van der Waals surface area contributed by atoms with Crippen LogP contribution in [0.3, 0.4) is 0 Å². The third kappa shape index (κ3) is 5.26. The molecule has 0 N–H and O–H groups in total.